The molecule has 3 heteroatoms. The summed E-state index contributed by atoms with van der Waals surface area (Å²) in [7, 11) is 2.02. The lowest BCUT2D eigenvalue weighted by Crippen LogP contribution is -2.03. The molecule has 0 bridgehead atoms. The zero-order valence-electron chi connectivity index (χ0n) is 8.29. The average molecular weight is 209 g/mol. The van der Waals surface area contributed by atoms with Crippen molar-refractivity contribution in [3.05, 3.63) is 35.0 Å². The summed E-state index contributed by atoms with van der Waals surface area (Å²) in [6.07, 6.45) is 2.06. The molecule has 2 aromatic rings. The van der Waals surface area contributed by atoms with Crippen LogP contribution in [0.5, 0.6) is 0 Å². The smallest absolute Gasteiger partial charge is 0.0482 e. The van der Waals surface area contributed by atoms with Gasteiger partial charge in [0.1, 0.15) is 0 Å². The van der Waals surface area contributed by atoms with Crippen LogP contribution < -0.4 is 5.73 Å². The summed E-state index contributed by atoms with van der Waals surface area (Å²) in [4.78, 5) is 0. The first kappa shape index (κ1) is 9.56. The van der Waals surface area contributed by atoms with Crippen LogP contribution in [0, 0.1) is 0 Å². The summed E-state index contributed by atoms with van der Waals surface area (Å²) in [6.45, 7) is 1.98. The number of hydrogen-bond acceptors (Lipinski definition) is 1. The van der Waals surface area contributed by atoms with E-state index in [1.807, 2.05) is 32.2 Å². The van der Waals surface area contributed by atoms with Crippen LogP contribution in [0.15, 0.2) is 24.4 Å². The molecule has 0 saturated heterocycles. The second kappa shape index (κ2) is 3.30. The monoisotopic (exact) mass is 208 g/mol. The van der Waals surface area contributed by atoms with Gasteiger partial charge in [-0.1, -0.05) is 11.6 Å². The predicted molar refractivity (Wildman–Crippen MR) is 60.5 cm³/mol. The Morgan fingerprint density at radius 1 is 1.43 bits per heavy atom. The normalized spacial score (nSPS) is 13.4. The van der Waals surface area contributed by atoms with E-state index in [9.17, 15) is 0 Å². The van der Waals surface area contributed by atoms with Crippen LogP contribution in [0.1, 0.15) is 18.5 Å². The number of benzene rings is 1. The minimum Gasteiger partial charge on any atom is -0.350 e. The van der Waals surface area contributed by atoms with Crippen molar-refractivity contribution in [3.63, 3.8) is 0 Å². The number of aryl methyl sites for hydroxylation is 1. The fraction of sp³-hybridized carbons (Fsp3) is 0.273. The van der Waals surface area contributed by atoms with Crippen molar-refractivity contribution in [3.8, 4) is 0 Å². The highest BCUT2D eigenvalue weighted by atomic mass is 35.5. The molecule has 2 nitrogen and oxygen atoms in total. The first-order valence-electron chi connectivity index (χ1n) is 4.59. The number of halogens is 1. The Bertz CT molecular complexity index is 471. The van der Waals surface area contributed by atoms with Crippen LogP contribution in [-0.4, -0.2) is 4.57 Å². The van der Waals surface area contributed by atoms with E-state index in [0.29, 0.717) is 0 Å². The SMILES string of the molecule is CC(N)c1cn(C)c2ccc(Cl)cc12. The van der Waals surface area contributed by atoms with E-state index in [1.54, 1.807) is 0 Å². The molecular formula is C11H13ClN2. The minimum atomic E-state index is 0.0390. The molecule has 2 N–H and O–H groups in total. The van der Waals surface area contributed by atoms with Gasteiger partial charge in [-0.3, -0.25) is 0 Å². The van der Waals surface area contributed by atoms with Crippen molar-refractivity contribution in [1.82, 2.24) is 4.57 Å². The van der Waals surface area contributed by atoms with E-state index in [1.165, 1.54) is 5.52 Å². The van der Waals surface area contributed by atoms with Crippen molar-refractivity contribution >= 4 is 22.5 Å². The molecule has 1 unspecified atom stereocenters. The second-order valence-corrected chi connectivity index (χ2v) is 4.08. The molecule has 0 spiro atoms. The molecule has 1 heterocycles. The van der Waals surface area contributed by atoms with Crippen molar-refractivity contribution in [2.45, 2.75) is 13.0 Å². The molecule has 0 saturated carbocycles. The Labute approximate surface area is 88.3 Å². The van der Waals surface area contributed by atoms with Crippen LogP contribution in [-0.2, 0) is 7.05 Å². The lowest BCUT2D eigenvalue weighted by atomic mass is 10.1. The van der Waals surface area contributed by atoms with E-state index < -0.39 is 0 Å². The van der Waals surface area contributed by atoms with Crippen LogP contribution in [0.3, 0.4) is 0 Å². The molecule has 1 aromatic carbocycles. The van der Waals surface area contributed by atoms with Crippen LogP contribution in [0.25, 0.3) is 10.9 Å². The molecule has 1 atom stereocenters. The van der Waals surface area contributed by atoms with Crippen molar-refractivity contribution in [2.24, 2.45) is 12.8 Å². The Hall–Kier alpha value is -0.990. The lowest BCUT2D eigenvalue weighted by molar-refractivity contribution is 0.815. The molecule has 0 amide bonds. The van der Waals surface area contributed by atoms with E-state index in [2.05, 4.69) is 10.8 Å². The Morgan fingerprint density at radius 2 is 2.14 bits per heavy atom. The number of nitrogens with zero attached hydrogens (tertiary/aromatic N) is 1. The quantitative estimate of drug-likeness (QED) is 0.768. The minimum absolute atomic E-state index is 0.0390. The van der Waals surface area contributed by atoms with Gasteiger partial charge in [0.15, 0.2) is 0 Å². The number of nitrogens with two attached hydrogens (primary N) is 1. The predicted octanol–water partition coefficient (Wildman–Crippen LogP) is 2.85. The first-order valence-corrected chi connectivity index (χ1v) is 4.97. The third-order valence-electron chi connectivity index (χ3n) is 2.47. The fourth-order valence-electron chi connectivity index (χ4n) is 1.76. The molecule has 2 rings (SSSR count). The second-order valence-electron chi connectivity index (χ2n) is 3.65. The molecule has 0 aliphatic rings. The molecule has 14 heavy (non-hydrogen) atoms. The third kappa shape index (κ3) is 1.41. The van der Waals surface area contributed by atoms with E-state index in [-0.39, 0.29) is 6.04 Å². The number of fused-ring (bicyclic) bond motifs is 1. The summed E-state index contributed by atoms with van der Waals surface area (Å²) < 4.78 is 2.07. The topological polar surface area (TPSA) is 30.9 Å². The van der Waals surface area contributed by atoms with Gasteiger partial charge in [0, 0.05) is 35.2 Å². The van der Waals surface area contributed by atoms with Gasteiger partial charge < -0.3 is 10.3 Å². The summed E-state index contributed by atoms with van der Waals surface area (Å²) in [6, 6.07) is 5.92. The van der Waals surface area contributed by atoms with Gasteiger partial charge >= 0.3 is 0 Å². The number of aromatic nitrogens is 1. The molecule has 0 aliphatic heterocycles. The van der Waals surface area contributed by atoms with Crippen LogP contribution >= 0.6 is 11.6 Å². The highest BCUT2D eigenvalue weighted by Crippen LogP contribution is 2.27. The fourth-order valence-corrected chi connectivity index (χ4v) is 1.93. The van der Waals surface area contributed by atoms with Crippen LogP contribution in [0.4, 0.5) is 0 Å². The Balaban J connectivity index is 2.79. The molecule has 0 radical (unpaired) electrons. The Morgan fingerprint density at radius 3 is 2.79 bits per heavy atom. The Kier molecular flexibility index (Phi) is 2.25. The van der Waals surface area contributed by atoms with Gasteiger partial charge in [0.05, 0.1) is 0 Å². The maximum Gasteiger partial charge on any atom is 0.0482 e. The van der Waals surface area contributed by atoms with E-state index in [0.717, 1.165) is 16.0 Å². The van der Waals surface area contributed by atoms with Gasteiger partial charge in [0.2, 0.25) is 0 Å². The van der Waals surface area contributed by atoms with Crippen molar-refractivity contribution in [1.29, 1.82) is 0 Å². The maximum atomic E-state index is 5.95. The number of rotatable bonds is 1. The molecule has 0 fully saturated rings. The van der Waals surface area contributed by atoms with Gasteiger partial charge in [-0.2, -0.15) is 0 Å². The van der Waals surface area contributed by atoms with Gasteiger partial charge in [-0.15, -0.1) is 0 Å². The maximum absolute atomic E-state index is 5.95. The largest absolute Gasteiger partial charge is 0.350 e. The highest BCUT2D eigenvalue weighted by molar-refractivity contribution is 6.31. The lowest BCUT2D eigenvalue weighted by Gasteiger charge is -2.02. The molecule has 0 aliphatic carbocycles. The summed E-state index contributed by atoms with van der Waals surface area (Å²) in [5.74, 6) is 0. The van der Waals surface area contributed by atoms with Gasteiger partial charge in [-0.05, 0) is 30.7 Å². The van der Waals surface area contributed by atoms with Crippen molar-refractivity contribution < 1.29 is 0 Å². The van der Waals surface area contributed by atoms with Crippen molar-refractivity contribution in [2.75, 3.05) is 0 Å². The number of hydrogen-bond donors (Lipinski definition) is 1. The summed E-state index contributed by atoms with van der Waals surface area (Å²) >= 11 is 5.95. The molecular weight excluding hydrogens is 196 g/mol. The third-order valence-corrected chi connectivity index (χ3v) is 2.71. The highest BCUT2D eigenvalue weighted by Gasteiger charge is 2.09. The molecule has 1 aromatic heterocycles. The zero-order valence-corrected chi connectivity index (χ0v) is 9.05. The van der Waals surface area contributed by atoms with Crippen LogP contribution in [0.2, 0.25) is 5.02 Å². The standard InChI is InChI=1S/C11H13ClN2/c1-7(13)10-6-14(2)11-4-3-8(12)5-9(10)11/h3-7H,13H2,1-2H3. The van der Waals surface area contributed by atoms with Gasteiger partial charge in [0.25, 0.3) is 0 Å². The average Bonchev–Trinajstić information content (AvgIpc) is 2.43. The molecule has 74 valence electrons. The summed E-state index contributed by atoms with van der Waals surface area (Å²) in [5.41, 5.74) is 8.20. The van der Waals surface area contributed by atoms with Gasteiger partial charge in [-0.25, -0.2) is 0 Å². The van der Waals surface area contributed by atoms with E-state index >= 15 is 0 Å². The zero-order chi connectivity index (χ0) is 10.3. The summed E-state index contributed by atoms with van der Waals surface area (Å²) in [5, 5.41) is 1.90. The van der Waals surface area contributed by atoms with E-state index in [4.69, 9.17) is 17.3 Å². The first-order chi connectivity index (χ1) is 6.59.